The molecule has 0 heterocycles. The Balaban J connectivity index is 0.000000156. The molecule has 2 aromatic carbocycles. The van der Waals surface area contributed by atoms with E-state index in [9.17, 15) is 9.59 Å². The van der Waals surface area contributed by atoms with Crippen molar-refractivity contribution in [1.82, 2.24) is 0 Å². The molecule has 0 radical (unpaired) electrons. The van der Waals surface area contributed by atoms with E-state index in [-0.39, 0.29) is 16.4 Å². The zero-order chi connectivity index (χ0) is 19.4. The molecule has 0 saturated carbocycles. The maximum absolute atomic E-state index is 11.7. The maximum Gasteiger partial charge on any atom is 0.176 e. The van der Waals surface area contributed by atoms with Crippen LogP contribution < -0.4 is 9.47 Å². The summed E-state index contributed by atoms with van der Waals surface area (Å²) in [5.74, 6) is 2.12. The molecule has 0 bridgehead atoms. The summed E-state index contributed by atoms with van der Waals surface area (Å²) >= 11 is 3.38. The third-order valence-electron chi connectivity index (χ3n) is 4.99. The number of ketones is 2. The summed E-state index contributed by atoms with van der Waals surface area (Å²) in [6.07, 6.45) is 4.48. The number of hydrogen-bond donors (Lipinski definition) is 0. The average molecular weight is 431 g/mol. The number of rotatable bonds is 2. The number of Topliss-reactive ketones (excluding diaryl/α,β-unsaturated/α-hetero) is 2. The molecule has 2 aromatic rings. The first kappa shape index (κ1) is 19.6. The van der Waals surface area contributed by atoms with Crippen molar-refractivity contribution in [2.75, 3.05) is 14.2 Å². The molecule has 0 fully saturated rings. The number of carbonyl (C=O) groups excluding carboxylic acids is 2. The Hall–Kier alpha value is -2.14. The lowest BCUT2D eigenvalue weighted by Gasteiger charge is -2.19. The first-order valence-electron chi connectivity index (χ1n) is 9.08. The molecule has 0 aliphatic heterocycles. The molecule has 0 aromatic heterocycles. The van der Waals surface area contributed by atoms with Crippen LogP contribution in [-0.2, 0) is 12.8 Å². The standard InChI is InChI=1S/C11H11BrO2.C11H12O2/c1-14-8-3-4-9-7(6-8)2-5-10(12)11(9)13;1-13-9-5-6-10-8(7-9)3-2-4-11(10)12/h3-4,6,10H,2,5H2,1H3;5-7H,2-4H2,1H3. The highest BCUT2D eigenvalue weighted by atomic mass is 79.9. The molecule has 4 rings (SSSR count). The average Bonchev–Trinajstić information content (AvgIpc) is 2.71. The minimum absolute atomic E-state index is 0.0107. The highest BCUT2D eigenvalue weighted by Gasteiger charge is 2.25. The van der Waals surface area contributed by atoms with Crippen molar-refractivity contribution in [3.05, 3.63) is 58.7 Å². The van der Waals surface area contributed by atoms with E-state index in [1.165, 1.54) is 0 Å². The third-order valence-corrected chi connectivity index (χ3v) is 5.87. The molecule has 5 heteroatoms. The van der Waals surface area contributed by atoms with Gasteiger partial charge in [0.25, 0.3) is 0 Å². The third kappa shape index (κ3) is 4.41. The van der Waals surface area contributed by atoms with Crippen molar-refractivity contribution in [2.45, 2.75) is 36.9 Å². The lowest BCUT2D eigenvalue weighted by atomic mass is 9.90. The van der Waals surface area contributed by atoms with E-state index in [1.807, 2.05) is 36.4 Å². The maximum atomic E-state index is 11.7. The molecule has 0 amide bonds. The SMILES string of the molecule is COc1ccc2c(c1)CCC(Br)C2=O.COc1ccc2c(c1)CCCC2=O. The van der Waals surface area contributed by atoms with Gasteiger partial charge in [0.2, 0.25) is 0 Å². The molecule has 2 aliphatic rings. The predicted molar refractivity (Wildman–Crippen MR) is 109 cm³/mol. The van der Waals surface area contributed by atoms with E-state index in [2.05, 4.69) is 15.9 Å². The van der Waals surface area contributed by atoms with Gasteiger partial charge in [-0.3, -0.25) is 9.59 Å². The van der Waals surface area contributed by atoms with Crippen LogP contribution in [0.5, 0.6) is 11.5 Å². The van der Waals surface area contributed by atoms with Crippen molar-refractivity contribution in [2.24, 2.45) is 0 Å². The van der Waals surface area contributed by atoms with E-state index in [0.29, 0.717) is 6.42 Å². The van der Waals surface area contributed by atoms with Crippen LogP contribution in [-0.4, -0.2) is 30.6 Å². The number of alkyl halides is 1. The van der Waals surface area contributed by atoms with Crippen molar-refractivity contribution in [3.63, 3.8) is 0 Å². The van der Waals surface area contributed by atoms with Gasteiger partial charge in [-0.05, 0) is 73.2 Å². The lowest BCUT2D eigenvalue weighted by Crippen LogP contribution is -2.22. The van der Waals surface area contributed by atoms with E-state index in [0.717, 1.165) is 59.4 Å². The van der Waals surface area contributed by atoms with Crippen LogP contribution in [0, 0.1) is 0 Å². The molecule has 2 aliphatic carbocycles. The Labute approximate surface area is 168 Å². The van der Waals surface area contributed by atoms with Crippen molar-refractivity contribution in [3.8, 4) is 11.5 Å². The fourth-order valence-electron chi connectivity index (χ4n) is 3.48. The number of carbonyl (C=O) groups is 2. The summed E-state index contributed by atoms with van der Waals surface area (Å²) < 4.78 is 10.2. The summed E-state index contributed by atoms with van der Waals surface area (Å²) in [5.41, 5.74) is 3.95. The van der Waals surface area contributed by atoms with Gasteiger partial charge in [-0.15, -0.1) is 0 Å². The second kappa shape index (κ2) is 8.70. The number of aryl methyl sites for hydroxylation is 2. The van der Waals surface area contributed by atoms with Gasteiger partial charge < -0.3 is 9.47 Å². The molecule has 4 nitrogen and oxygen atoms in total. The van der Waals surface area contributed by atoms with Crippen molar-refractivity contribution >= 4 is 27.5 Å². The van der Waals surface area contributed by atoms with Gasteiger partial charge >= 0.3 is 0 Å². The van der Waals surface area contributed by atoms with Gasteiger partial charge in [-0.25, -0.2) is 0 Å². The highest BCUT2D eigenvalue weighted by molar-refractivity contribution is 9.10. The Morgan fingerprint density at radius 3 is 2.07 bits per heavy atom. The zero-order valence-electron chi connectivity index (χ0n) is 15.6. The van der Waals surface area contributed by atoms with Crippen LogP contribution in [0.3, 0.4) is 0 Å². The summed E-state index contributed by atoms with van der Waals surface area (Å²) in [6, 6.07) is 11.3. The van der Waals surface area contributed by atoms with Gasteiger partial charge in [0.05, 0.1) is 19.0 Å². The predicted octanol–water partition coefficient (Wildman–Crippen LogP) is 4.80. The van der Waals surface area contributed by atoms with E-state index < -0.39 is 0 Å². The quantitative estimate of drug-likeness (QED) is 0.641. The first-order chi connectivity index (χ1) is 13.0. The van der Waals surface area contributed by atoms with E-state index >= 15 is 0 Å². The molecule has 1 atom stereocenters. The van der Waals surface area contributed by atoms with E-state index in [4.69, 9.17) is 9.47 Å². The Morgan fingerprint density at radius 2 is 1.44 bits per heavy atom. The number of halogens is 1. The Kier molecular flexibility index (Phi) is 6.32. The second-order valence-electron chi connectivity index (χ2n) is 6.69. The normalized spacial score (nSPS) is 18.0. The molecule has 0 spiro atoms. The van der Waals surface area contributed by atoms with Crippen LogP contribution >= 0.6 is 15.9 Å². The molecular weight excluding hydrogens is 408 g/mol. The van der Waals surface area contributed by atoms with Crippen LogP contribution in [0.2, 0.25) is 0 Å². The van der Waals surface area contributed by atoms with Crippen LogP contribution in [0.1, 0.15) is 51.1 Å². The van der Waals surface area contributed by atoms with Gasteiger partial charge in [0.1, 0.15) is 11.5 Å². The minimum Gasteiger partial charge on any atom is -0.497 e. The molecule has 142 valence electrons. The van der Waals surface area contributed by atoms with Crippen molar-refractivity contribution < 1.29 is 19.1 Å². The monoisotopic (exact) mass is 430 g/mol. The first-order valence-corrected chi connectivity index (χ1v) is 10.0. The summed E-state index contributed by atoms with van der Waals surface area (Å²) in [4.78, 5) is 23.2. The number of benzene rings is 2. The fourth-order valence-corrected chi connectivity index (χ4v) is 3.95. The minimum atomic E-state index is -0.0107. The molecule has 0 saturated heterocycles. The van der Waals surface area contributed by atoms with Crippen LogP contribution in [0.15, 0.2) is 36.4 Å². The van der Waals surface area contributed by atoms with Crippen LogP contribution in [0.4, 0.5) is 0 Å². The highest BCUT2D eigenvalue weighted by Crippen LogP contribution is 2.28. The topological polar surface area (TPSA) is 52.6 Å². The van der Waals surface area contributed by atoms with Crippen LogP contribution in [0.25, 0.3) is 0 Å². The summed E-state index contributed by atoms with van der Waals surface area (Å²) in [5, 5.41) is 0. The summed E-state index contributed by atoms with van der Waals surface area (Å²) in [6.45, 7) is 0. The number of methoxy groups -OCH3 is 2. The number of hydrogen-bond acceptors (Lipinski definition) is 4. The van der Waals surface area contributed by atoms with Gasteiger partial charge in [-0.2, -0.15) is 0 Å². The molecule has 27 heavy (non-hydrogen) atoms. The van der Waals surface area contributed by atoms with Gasteiger partial charge in [0.15, 0.2) is 11.6 Å². The van der Waals surface area contributed by atoms with Crippen molar-refractivity contribution in [1.29, 1.82) is 0 Å². The smallest absolute Gasteiger partial charge is 0.176 e. The Bertz CT molecular complexity index is 859. The number of ether oxygens (including phenoxy) is 2. The lowest BCUT2D eigenvalue weighted by molar-refractivity contribution is 0.0967. The van der Waals surface area contributed by atoms with Gasteiger partial charge in [0, 0.05) is 17.5 Å². The van der Waals surface area contributed by atoms with E-state index in [1.54, 1.807) is 14.2 Å². The fraction of sp³-hybridized carbons (Fsp3) is 0.364. The second-order valence-corrected chi connectivity index (χ2v) is 7.80. The summed E-state index contributed by atoms with van der Waals surface area (Å²) in [7, 11) is 3.28. The molecule has 0 N–H and O–H groups in total. The molecule has 1 unspecified atom stereocenters. The largest absolute Gasteiger partial charge is 0.497 e. The molecular formula is C22H23BrO4. The Morgan fingerprint density at radius 1 is 0.852 bits per heavy atom. The van der Waals surface area contributed by atoms with Gasteiger partial charge in [-0.1, -0.05) is 15.9 Å². The zero-order valence-corrected chi connectivity index (χ0v) is 17.2. The number of fused-ring (bicyclic) bond motifs is 2.